The second-order valence-electron chi connectivity index (χ2n) is 4.34. The average molecular weight is 263 g/mol. The molecule has 0 unspecified atom stereocenters. The largest absolute Gasteiger partial charge is 0.356 e. The van der Waals surface area contributed by atoms with E-state index in [0.29, 0.717) is 19.5 Å². The topological polar surface area (TPSA) is 87.3 Å². The average Bonchev–Trinajstić information content (AvgIpc) is 2.28. The summed E-state index contributed by atoms with van der Waals surface area (Å²) in [6.45, 7) is 2.68. The monoisotopic (exact) mass is 263 g/mol. The van der Waals surface area contributed by atoms with Gasteiger partial charge in [-0.25, -0.2) is 13.1 Å². The van der Waals surface area contributed by atoms with Gasteiger partial charge in [-0.15, -0.1) is 0 Å². The Morgan fingerprint density at radius 1 is 1.29 bits per heavy atom. The lowest BCUT2D eigenvalue weighted by Crippen LogP contribution is -2.39. The first kappa shape index (κ1) is 14.4. The Labute approximate surface area is 103 Å². The number of amides is 1. The van der Waals surface area contributed by atoms with Crippen molar-refractivity contribution < 1.29 is 13.2 Å². The van der Waals surface area contributed by atoms with Crippen molar-refractivity contribution in [1.82, 2.24) is 15.4 Å². The van der Waals surface area contributed by atoms with Crippen molar-refractivity contribution in [3.8, 4) is 0 Å². The molecule has 0 radical (unpaired) electrons. The van der Waals surface area contributed by atoms with E-state index < -0.39 is 10.0 Å². The third-order valence-corrected chi connectivity index (χ3v) is 3.46. The fourth-order valence-electron chi connectivity index (χ4n) is 1.79. The molecule has 1 aliphatic heterocycles. The molecule has 0 saturated carbocycles. The van der Waals surface area contributed by atoms with Gasteiger partial charge < -0.3 is 10.6 Å². The third kappa shape index (κ3) is 6.60. The minimum atomic E-state index is -3.12. The zero-order valence-electron chi connectivity index (χ0n) is 10.2. The molecule has 0 aromatic rings. The van der Waals surface area contributed by atoms with Crippen molar-refractivity contribution in [3.05, 3.63) is 0 Å². The Kier molecular flexibility index (Phi) is 5.87. The minimum absolute atomic E-state index is 0.0888. The first-order chi connectivity index (χ1) is 7.99. The van der Waals surface area contributed by atoms with Gasteiger partial charge in [0.15, 0.2) is 0 Å². The number of piperidine rings is 1. The van der Waals surface area contributed by atoms with Crippen LogP contribution in [0.2, 0.25) is 0 Å². The van der Waals surface area contributed by atoms with Crippen molar-refractivity contribution in [3.63, 3.8) is 0 Å². The SMILES string of the molecule is CS(=O)(=O)NCCCNC(=O)C1CCNCC1. The van der Waals surface area contributed by atoms with Crippen LogP contribution in [0.5, 0.6) is 0 Å². The van der Waals surface area contributed by atoms with Gasteiger partial charge in [-0.2, -0.15) is 0 Å². The second kappa shape index (κ2) is 6.93. The van der Waals surface area contributed by atoms with Crippen LogP contribution in [0, 0.1) is 5.92 Å². The van der Waals surface area contributed by atoms with Crippen LogP contribution in [0.15, 0.2) is 0 Å². The quantitative estimate of drug-likeness (QED) is 0.539. The van der Waals surface area contributed by atoms with Crippen molar-refractivity contribution in [2.24, 2.45) is 5.92 Å². The van der Waals surface area contributed by atoms with Crippen LogP contribution in [-0.2, 0) is 14.8 Å². The van der Waals surface area contributed by atoms with Gasteiger partial charge in [0.2, 0.25) is 15.9 Å². The molecule has 7 heteroatoms. The van der Waals surface area contributed by atoms with Gasteiger partial charge in [0.05, 0.1) is 6.26 Å². The standard InChI is InChI=1S/C10H21N3O3S/c1-17(15,16)13-6-2-5-12-10(14)9-3-7-11-8-4-9/h9,11,13H,2-8H2,1H3,(H,12,14). The van der Waals surface area contributed by atoms with Gasteiger partial charge in [-0.3, -0.25) is 4.79 Å². The van der Waals surface area contributed by atoms with E-state index in [0.717, 1.165) is 32.2 Å². The van der Waals surface area contributed by atoms with Crippen LogP contribution in [0.1, 0.15) is 19.3 Å². The van der Waals surface area contributed by atoms with Gasteiger partial charge in [0, 0.05) is 19.0 Å². The molecule has 1 saturated heterocycles. The van der Waals surface area contributed by atoms with Crippen LogP contribution in [0.3, 0.4) is 0 Å². The lowest BCUT2D eigenvalue weighted by Gasteiger charge is -2.21. The van der Waals surface area contributed by atoms with Crippen molar-refractivity contribution in [2.75, 3.05) is 32.4 Å². The number of hydrogen-bond donors (Lipinski definition) is 3. The summed E-state index contributed by atoms with van der Waals surface area (Å²) in [5.41, 5.74) is 0. The van der Waals surface area contributed by atoms with Crippen LogP contribution in [0.4, 0.5) is 0 Å². The number of rotatable bonds is 6. The van der Waals surface area contributed by atoms with Gasteiger partial charge >= 0.3 is 0 Å². The Hall–Kier alpha value is -0.660. The summed E-state index contributed by atoms with van der Waals surface area (Å²) in [4.78, 5) is 11.7. The number of sulfonamides is 1. The first-order valence-electron chi connectivity index (χ1n) is 5.92. The summed E-state index contributed by atoms with van der Waals surface area (Å²) in [5.74, 6) is 0.199. The van der Waals surface area contributed by atoms with E-state index in [4.69, 9.17) is 0 Å². The van der Waals surface area contributed by atoms with Gasteiger partial charge in [0.1, 0.15) is 0 Å². The van der Waals surface area contributed by atoms with Crippen LogP contribution < -0.4 is 15.4 Å². The normalized spacial score (nSPS) is 17.9. The molecule has 1 amide bonds. The lowest BCUT2D eigenvalue weighted by molar-refractivity contribution is -0.125. The minimum Gasteiger partial charge on any atom is -0.356 e. The summed E-state index contributed by atoms with van der Waals surface area (Å²) in [7, 11) is -3.12. The maximum Gasteiger partial charge on any atom is 0.223 e. The molecule has 100 valence electrons. The van der Waals surface area contributed by atoms with E-state index in [-0.39, 0.29) is 11.8 Å². The number of carbonyl (C=O) groups is 1. The molecule has 6 nitrogen and oxygen atoms in total. The Morgan fingerprint density at radius 2 is 1.94 bits per heavy atom. The highest BCUT2D eigenvalue weighted by atomic mass is 32.2. The van der Waals surface area contributed by atoms with Crippen LogP contribution in [0.25, 0.3) is 0 Å². The zero-order valence-corrected chi connectivity index (χ0v) is 11.0. The maximum atomic E-state index is 11.7. The van der Waals surface area contributed by atoms with E-state index in [2.05, 4.69) is 15.4 Å². The molecule has 3 N–H and O–H groups in total. The summed E-state index contributed by atoms with van der Waals surface area (Å²) in [6, 6.07) is 0. The predicted octanol–water partition coefficient (Wildman–Crippen LogP) is -0.958. The van der Waals surface area contributed by atoms with Gasteiger partial charge in [-0.1, -0.05) is 0 Å². The summed E-state index contributed by atoms with van der Waals surface area (Å²) >= 11 is 0. The fourth-order valence-corrected chi connectivity index (χ4v) is 2.30. The third-order valence-electron chi connectivity index (χ3n) is 2.73. The van der Waals surface area contributed by atoms with Crippen LogP contribution >= 0.6 is 0 Å². The summed E-state index contributed by atoms with van der Waals surface area (Å²) in [6.07, 6.45) is 3.51. The lowest BCUT2D eigenvalue weighted by atomic mass is 9.97. The number of hydrogen-bond acceptors (Lipinski definition) is 4. The Bertz CT molecular complexity index is 337. The molecule has 0 atom stereocenters. The molecular formula is C10H21N3O3S. The highest BCUT2D eigenvalue weighted by Gasteiger charge is 2.19. The molecule has 0 aromatic heterocycles. The highest BCUT2D eigenvalue weighted by Crippen LogP contribution is 2.10. The Morgan fingerprint density at radius 3 is 2.53 bits per heavy atom. The van der Waals surface area contributed by atoms with E-state index in [1.807, 2.05) is 0 Å². The molecule has 1 aliphatic rings. The smallest absolute Gasteiger partial charge is 0.223 e. The molecular weight excluding hydrogens is 242 g/mol. The molecule has 1 fully saturated rings. The molecule has 0 bridgehead atoms. The van der Waals surface area contributed by atoms with Gasteiger partial charge in [-0.05, 0) is 32.4 Å². The molecule has 1 rings (SSSR count). The predicted molar refractivity (Wildman–Crippen MR) is 66.1 cm³/mol. The molecule has 0 spiro atoms. The van der Waals surface area contributed by atoms with E-state index in [1.165, 1.54) is 0 Å². The molecule has 0 aromatic carbocycles. The highest BCUT2D eigenvalue weighted by molar-refractivity contribution is 7.88. The van der Waals surface area contributed by atoms with Crippen molar-refractivity contribution in [2.45, 2.75) is 19.3 Å². The molecule has 17 heavy (non-hydrogen) atoms. The van der Waals surface area contributed by atoms with Crippen LogP contribution in [-0.4, -0.2) is 46.8 Å². The summed E-state index contributed by atoms with van der Waals surface area (Å²) in [5, 5.41) is 6.04. The summed E-state index contributed by atoms with van der Waals surface area (Å²) < 4.78 is 23.9. The van der Waals surface area contributed by atoms with Crippen molar-refractivity contribution in [1.29, 1.82) is 0 Å². The van der Waals surface area contributed by atoms with E-state index >= 15 is 0 Å². The maximum absolute atomic E-state index is 11.7. The number of nitrogens with one attached hydrogen (secondary N) is 3. The number of carbonyl (C=O) groups excluding carboxylic acids is 1. The first-order valence-corrected chi connectivity index (χ1v) is 7.81. The van der Waals surface area contributed by atoms with Gasteiger partial charge in [0.25, 0.3) is 0 Å². The molecule has 1 heterocycles. The zero-order chi connectivity index (χ0) is 12.7. The van der Waals surface area contributed by atoms with E-state index in [9.17, 15) is 13.2 Å². The van der Waals surface area contributed by atoms with E-state index in [1.54, 1.807) is 0 Å². The second-order valence-corrected chi connectivity index (χ2v) is 6.17. The Balaban J connectivity index is 2.07. The fraction of sp³-hybridized carbons (Fsp3) is 0.900. The molecule has 0 aliphatic carbocycles. The van der Waals surface area contributed by atoms with Crippen molar-refractivity contribution >= 4 is 15.9 Å².